The molecule has 1 aromatic heterocycles. The monoisotopic (exact) mass is 416 g/mol. The summed E-state index contributed by atoms with van der Waals surface area (Å²) in [5.74, 6) is -0.422. The van der Waals surface area contributed by atoms with Crippen molar-refractivity contribution < 1.29 is 17.6 Å². The molecule has 7 nitrogen and oxygen atoms in total. The number of carbonyl (C=O) groups excluding carboxylic acids is 1. The van der Waals surface area contributed by atoms with Gasteiger partial charge in [0.15, 0.2) is 0 Å². The summed E-state index contributed by atoms with van der Waals surface area (Å²) >= 11 is 0. The maximum absolute atomic E-state index is 13.8. The minimum Gasteiger partial charge on any atom is -0.338 e. The Bertz CT molecular complexity index is 1140. The molecular formula is C20H21FN4O3S. The molecule has 1 N–H and O–H groups in total. The zero-order chi connectivity index (χ0) is 21.2. The highest BCUT2D eigenvalue weighted by Gasteiger charge is 2.23. The molecule has 0 saturated heterocycles. The fourth-order valence-corrected chi connectivity index (χ4v) is 3.81. The van der Waals surface area contributed by atoms with E-state index in [0.717, 1.165) is 4.31 Å². The number of rotatable bonds is 6. The van der Waals surface area contributed by atoms with Gasteiger partial charge in [0.2, 0.25) is 10.0 Å². The van der Waals surface area contributed by atoms with E-state index in [0.29, 0.717) is 11.4 Å². The van der Waals surface area contributed by atoms with Crippen LogP contribution >= 0.6 is 0 Å². The molecule has 0 fully saturated rings. The largest absolute Gasteiger partial charge is 0.338 e. The van der Waals surface area contributed by atoms with Crippen LogP contribution in [0.25, 0.3) is 0 Å². The molecule has 0 spiro atoms. The minimum absolute atomic E-state index is 0.00875. The Morgan fingerprint density at radius 2 is 1.90 bits per heavy atom. The molecule has 0 aliphatic heterocycles. The molecule has 152 valence electrons. The lowest BCUT2D eigenvalue weighted by atomic mass is 10.0. The predicted molar refractivity (Wildman–Crippen MR) is 106 cm³/mol. The number of aromatic nitrogens is 2. The van der Waals surface area contributed by atoms with E-state index < -0.39 is 27.8 Å². The number of nitrogens with zero attached hydrogens (tertiary/aromatic N) is 3. The summed E-state index contributed by atoms with van der Waals surface area (Å²) in [4.78, 5) is 17.2. The molecule has 0 saturated carbocycles. The average molecular weight is 416 g/mol. The van der Waals surface area contributed by atoms with Crippen molar-refractivity contribution >= 4 is 15.9 Å². The van der Waals surface area contributed by atoms with Crippen LogP contribution in [0.15, 0.2) is 65.8 Å². The summed E-state index contributed by atoms with van der Waals surface area (Å²) < 4.78 is 41.3. The number of hydrogen-bond donors (Lipinski definition) is 1. The van der Waals surface area contributed by atoms with Gasteiger partial charge in [-0.15, -0.1) is 0 Å². The Balaban J connectivity index is 1.97. The van der Waals surface area contributed by atoms with Crippen LogP contribution in [0.2, 0.25) is 0 Å². The van der Waals surface area contributed by atoms with Gasteiger partial charge in [-0.25, -0.2) is 22.1 Å². The molecule has 1 amide bonds. The maximum atomic E-state index is 13.8. The summed E-state index contributed by atoms with van der Waals surface area (Å²) in [6.45, 7) is 0. The minimum atomic E-state index is -3.68. The van der Waals surface area contributed by atoms with Crippen molar-refractivity contribution in [3.05, 3.63) is 83.7 Å². The van der Waals surface area contributed by atoms with Gasteiger partial charge in [-0.1, -0.05) is 18.2 Å². The lowest BCUT2D eigenvalue weighted by Crippen LogP contribution is -2.31. The normalized spacial score (nSPS) is 12.7. The van der Waals surface area contributed by atoms with Crippen LogP contribution in [0.1, 0.15) is 27.8 Å². The van der Waals surface area contributed by atoms with Crippen molar-refractivity contribution in [1.29, 1.82) is 0 Å². The molecule has 1 atom stereocenters. The van der Waals surface area contributed by atoms with Gasteiger partial charge in [0.25, 0.3) is 5.91 Å². The lowest BCUT2D eigenvalue weighted by molar-refractivity contribution is 0.0941. The van der Waals surface area contributed by atoms with E-state index in [1.165, 1.54) is 50.5 Å². The molecule has 0 aliphatic rings. The van der Waals surface area contributed by atoms with Crippen LogP contribution in [-0.2, 0) is 17.1 Å². The molecule has 9 heteroatoms. The summed E-state index contributed by atoms with van der Waals surface area (Å²) in [5, 5.41) is 2.83. The van der Waals surface area contributed by atoms with Gasteiger partial charge in [-0.3, -0.25) is 4.79 Å². The van der Waals surface area contributed by atoms with Crippen molar-refractivity contribution in [3.8, 4) is 0 Å². The summed E-state index contributed by atoms with van der Waals surface area (Å²) in [6.07, 6.45) is 3.30. The van der Waals surface area contributed by atoms with E-state index in [2.05, 4.69) is 10.3 Å². The Labute approximate surface area is 168 Å². The predicted octanol–water partition coefficient (Wildman–Crippen LogP) is 2.33. The second-order valence-corrected chi connectivity index (χ2v) is 8.82. The first-order valence-corrected chi connectivity index (χ1v) is 10.2. The average Bonchev–Trinajstić information content (AvgIpc) is 3.11. The number of hydrogen-bond acceptors (Lipinski definition) is 4. The van der Waals surface area contributed by atoms with E-state index in [9.17, 15) is 17.6 Å². The Morgan fingerprint density at radius 1 is 1.17 bits per heavy atom. The highest BCUT2D eigenvalue weighted by Crippen LogP contribution is 2.22. The molecule has 1 unspecified atom stereocenters. The first-order chi connectivity index (χ1) is 13.7. The van der Waals surface area contributed by atoms with Crippen molar-refractivity contribution in [2.75, 3.05) is 14.1 Å². The van der Waals surface area contributed by atoms with E-state index in [-0.39, 0.29) is 10.5 Å². The van der Waals surface area contributed by atoms with E-state index in [1.54, 1.807) is 36.1 Å². The number of carbonyl (C=O) groups is 1. The van der Waals surface area contributed by atoms with E-state index in [1.807, 2.05) is 0 Å². The number of nitrogens with one attached hydrogen (secondary N) is 1. The van der Waals surface area contributed by atoms with Gasteiger partial charge < -0.3 is 9.88 Å². The Morgan fingerprint density at radius 3 is 2.52 bits per heavy atom. The van der Waals surface area contributed by atoms with Gasteiger partial charge in [-0.05, 0) is 35.9 Å². The standard InChI is InChI=1S/C20H21FN4O3S/c1-24(2)29(27,28)17-9-5-7-15(13-17)20(26)23-18(19-22-10-11-25(19)3)14-6-4-8-16(21)12-14/h4-13,18H,1-3H3,(H,23,26). The van der Waals surface area contributed by atoms with Crippen LogP contribution in [-0.4, -0.2) is 42.3 Å². The van der Waals surface area contributed by atoms with Crippen LogP contribution in [0, 0.1) is 5.82 Å². The third-order valence-corrected chi connectivity index (χ3v) is 6.26. The van der Waals surface area contributed by atoms with Crippen LogP contribution in [0.5, 0.6) is 0 Å². The first kappa shape index (κ1) is 20.7. The molecule has 0 radical (unpaired) electrons. The third-order valence-electron chi connectivity index (χ3n) is 4.45. The number of benzene rings is 2. The summed E-state index contributed by atoms with van der Waals surface area (Å²) in [7, 11) is 0.927. The molecule has 29 heavy (non-hydrogen) atoms. The molecule has 3 aromatic rings. The quantitative estimate of drug-likeness (QED) is 0.669. The molecule has 0 bridgehead atoms. The highest BCUT2D eigenvalue weighted by atomic mass is 32.2. The van der Waals surface area contributed by atoms with Gasteiger partial charge in [0.05, 0.1) is 4.90 Å². The number of aryl methyl sites for hydroxylation is 1. The zero-order valence-electron chi connectivity index (χ0n) is 16.2. The number of amides is 1. The van der Waals surface area contributed by atoms with E-state index >= 15 is 0 Å². The second kappa shape index (κ2) is 8.14. The fourth-order valence-electron chi connectivity index (χ4n) is 2.86. The summed E-state index contributed by atoms with van der Waals surface area (Å²) in [5.41, 5.74) is 0.688. The SMILES string of the molecule is CN(C)S(=O)(=O)c1cccc(C(=O)NC(c2cccc(F)c2)c2nccn2C)c1. The van der Waals surface area contributed by atoms with E-state index in [4.69, 9.17) is 0 Å². The van der Waals surface area contributed by atoms with Crippen LogP contribution < -0.4 is 5.32 Å². The smallest absolute Gasteiger partial charge is 0.252 e. The van der Waals surface area contributed by atoms with Gasteiger partial charge in [-0.2, -0.15) is 0 Å². The Kier molecular flexibility index (Phi) is 5.81. The second-order valence-electron chi connectivity index (χ2n) is 6.67. The highest BCUT2D eigenvalue weighted by molar-refractivity contribution is 7.89. The number of imidazole rings is 1. The third kappa shape index (κ3) is 4.36. The molecule has 2 aromatic carbocycles. The van der Waals surface area contributed by atoms with Crippen molar-refractivity contribution in [2.45, 2.75) is 10.9 Å². The number of halogens is 1. The molecule has 0 aliphatic carbocycles. The van der Waals surface area contributed by atoms with Crippen molar-refractivity contribution in [3.63, 3.8) is 0 Å². The van der Waals surface area contributed by atoms with Gasteiger partial charge in [0, 0.05) is 39.1 Å². The lowest BCUT2D eigenvalue weighted by Gasteiger charge is -2.20. The maximum Gasteiger partial charge on any atom is 0.252 e. The fraction of sp³-hybridized carbons (Fsp3) is 0.200. The molecule has 3 rings (SSSR count). The topological polar surface area (TPSA) is 84.3 Å². The molecular weight excluding hydrogens is 395 g/mol. The van der Waals surface area contributed by atoms with Gasteiger partial charge >= 0.3 is 0 Å². The zero-order valence-corrected chi connectivity index (χ0v) is 17.0. The van der Waals surface area contributed by atoms with Gasteiger partial charge in [0.1, 0.15) is 17.7 Å². The van der Waals surface area contributed by atoms with Crippen molar-refractivity contribution in [2.24, 2.45) is 7.05 Å². The Hall–Kier alpha value is -3.04. The summed E-state index contributed by atoms with van der Waals surface area (Å²) in [6, 6.07) is 10.9. The first-order valence-electron chi connectivity index (χ1n) is 8.76. The number of sulfonamides is 1. The van der Waals surface area contributed by atoms with Crippen molar-refractivity contribution in [1.82, 2.24) is 19.2 Å². The molecule has 1 heterocycles. The van der Waals surface area contributed by atoms with Crippen LogP contribution in [0.4, 0.5) is 4.39 Å². The van der Waals surface area contributed by atoms with Crippen LogP contribution in [0.3, 0.4) is 0 Å².